The summed E-state index contributed by atoms with van der Waals surface area (Å²) in [5, 5.41) is 13.4. The highest BCUT2D eigenvalue weighted by Crippen LogP contribution is 2.22. The van der Waals surface area contributed by atoms with Gasteiger partial charge < -0.3 is 5.73 Å². The van der Waals surface area contributed by atoms with Gasteiger partial charge in [-0.25, -0.2) is 4.39 Å². The molecule has 1 unspecified atom stereocenters. The Balaban J connectivity index is 2.41. The molecule has 3 N–H and O–H groups in total. The summed E-state index contributed by atoms with van der Waals surface area (Å²) in [6, 6.07) is 3.36. The van der Waals surface area contributed by atoms with Gasteiger partial charge in [0, 0.05) is 10.6 Å². The lowest BCUT2D eigenvalue weighted by atomic mass is 10.1. The predicted molar refractivity (Wildman–Crippen MR) is 51.6 cm³/mol. The molecule has 0 fully saturated rings. The molecule has 0 aliphatic carbocycles. The third kappa shape index (κ3) is 1.95. The summed E-state index contributed by atoms with van der Waals surface area (Å²) in [6.45, 7) is 0. The number of hydrogen-bond acceptors (Lipinski definition) is 4. The van der Waals surface area contributed by atoms with Gasteiger partial charge in [-0.05, 0) is 18.2 Å². The van der Waals surface area contributed by atoms with Gasteiger partial charge in [-0.2, -0.15) is 5.21 Å². The quantitative estimate of drug-likeness (QED) is 0.803. The van der Waals surface area contributed by atoms with Gasteiger partial charge in [0.25, 0.3) is 0 Å². The van der Waals surface area contributed by atoms with E-state index in [9.17, 15) is 4.39 Å². The van der Waals surface area contributed by atoms with Crippen molar-refractivity contribution in [3.05, 3.63) is 40.4 Å². The van der Waals surface area contributed by atoms with Crippen LogP contribution in [0.25, 0.3) is 0 Å². The fourth-order valence-corrected chi connectivity index (χ4v) is 1.37. The Morgan fingerprint density at radius 1 is 1.47 bits per heavy atom. The molecule has 7 heteroatoms. The molecule has 2 aromatic rings. The van der Waals surface area contributed by atoms with Crippen LogP contribution in [-0.4, -0.2) is 20.6 Å². The maximum absolute atomic E-state index is 13.4. The summed E-state index contributed by atoms with van der Waals surface area (Å²) in [5.74, 6) is -0.229. The van der Waals surface area contributed by atoms with Crippen molar-refractivity contribution in [3.8, 4) is 0 Å². The Morgan fingerprint density at radius 3 is 2.93 bits per heavy atom. The maximum Gasteiger partial charge on any atom is 0.195 e. The van der Waals surface area contributed by atoms with Crippen LogP contribution < -0.4 is 5.73 Å². The molecule has 1 aromatic carbocycles. The summed E-state index contributed by atoms with van der Waals surface area (Å²) in [5.41, 5.74) is 5.99. The van der Waals surface area contributed by atoms with Gasteiger partial charge in [0.2, 0.25) is 0 Å². The van der Waals surface area contributed by atoms with E-state index < -0.39 is 11.9 Å². The molecule has 1 heterocycles. The third-order valence-corrected chi connectivity index (χ3v) is 2.17. The first kappa shape index (κ1) is 10.0. The smallest absolute Gasteiger partial charge is 0.195 e. The fraction of sp³-hybridized carbons (Fsp3) is 0.125. The number of aromatic nitrogens is 4. The molecular formula is C8H7ClFN5. The van der Waals surface area contributed by atoms with Crippen molar-refractivity contribution in [2.24, 2.45) is 5.73 Å². The van der Waals surface area contributed by atoms with E-state index in [1.165, 1.54) is 18.2 Å². The molecule has 78 valence electrons. The third-order valence-electron chi connectivity index (χ3n) is 1.93. The first-order valence-electron chi connectivity index (χ1n) is 4.12. The summed E-state index contributed by atoms with van der Waals surface area (Å²) in [4.78, 5) is 0. The summed E-state index contributed by atoms with van der Waals surface area (Å²) < 4.78 is 13.4. The van der Waals surface area contributed by atoms with Gasteiger partial charge in [0.15, 0.2) is 5.82 Å². The van der Waals surface area contributed by atoms with Gasteiger partial charge >= 0.3 is 0 Å². The molecule has 1 aromatic heterocycles. The summed E-state index contributed by atoms with van der Waals surface area (Å²) in [6.07, 6.45) is 0. The molecule has 0 bridgehead atoms. The van der Waals surface area contributed by atoms with Crippen molar-refractivity contribution in [2.45, 2.75) is 6.04 Å². The summed E-state index contributed by atoms with van der Waals surface area (Å²) >= 11 is 5.74. The molecule has 0 amide bonds. The van der Waals surface area contributed by atoms with E-state index in [1.807, 2.05) is 0 Å². The molecule has 0 radical (unpaired) electrons. The Hall–Kier alpha value is -1.53. The lowest BCUT2D eigenvalue weighted by Crippen LogP contribution is -2.15. The number of H-pyrrole nitrogens is 1. The number of rotatable bonds is 2. The molecule has 0 saturated carbocycles. The fourth-order valence-electron chi connectivity index (χ4n) is 1.19. The van der Waals surface area contributed by atoms with E-state index in [2.05, 4.69) is 20.6 Å². The van der Waals surface area contributed by atoms with Crippen LogP contribution in [0.15, 0.2) is 18.2 Å². The van der Waals surface area contributed by atoms with Crippen molar-refractivity contribution in [1.82, 2.24) is 20.6 Å². The first-order chi connectivity index (χ1) is 7.18. The Bertz CT molecular complexity index is 458. The normalized spacial score (nSPS) is 12.7. The zero-order valence-corrected chi connectivity index (χ0v) is 8.24. The molecule has 0 saturated heterocycles. The molecule has 1 atom stereocenters. The van der Waals surface area contributed by atoms with Gasteiger partial charge in [0.05, 0.1) is 6.04 Å². The number of nitrogens with zero attached hydrogens (tertiary/aromatic N) is 3. The number of nitrogens with one attached hydrogen (secondary N) is 1. The maximum atomic E-state index is 13.4. The number of benzene rings is 1. The molecule has 15 heavy (non-hydrogen) atoms. The van der Waals surface area contributed by atoms with Crippen LogP contribution in [0.5, 0.6) is 0 Å². The van der Waals surface area contributed by atoms with E-state index in [0.29, 0.717) is 5.02 Å². The topological polar surface area (TPSA) is 80.5 Å². The van der Waals surface area contributed by atoms with Crippen molar-refractivity contribution in [2.75, 3.05) is 0 Å². The minimum atomic E-state index is -0.776. The Labute approximate surface area is 89.4 Å². The highest BCUT2D eigenvalue weighted by Gasteiger charge is 2.17. The van der Waals surface area contributed by atoms with Crippen LogP contribution in [0, 0.1) is 5.82 Å². The number of aromatic amines is 1. The monoisotopic (exact) mass is 227 g/mol. The highest BCUT2D eigenvalue weighted by molar-refractivity contribution is 6.30. The number of tetrazole rings is 1. The largest absolute Gasteiger partial charge is 0.317 e. The van der Waals surface area contributed by atoms with Crippen LogP contribution in [-0.2, 0) is 0 Å². The predicted octanol–water partition coefficient (Wildman–Crippen LogP) is 1.04. The van der Waals surface area contributed by atoms with Crippen molar-refractivity contribution in [1.29, 1.82) is 0 Å². The van der Waals surface area contributed by atoms with Gasteiger partial charge in [-0.15, -0.1) is 10.2 Å². The SMILES string of the molecule is NC(c1nn[nH]n1)c1cc(Cl)ccc1F. The number of nitrogens with two attached hydrogens (primary N) is 1. The molecule has 2 rings (SSSR count). The zero-order valence-electron chi connectivity index (χ0n) is 7.48. The molecule has 0 aliphatic heterocycles. The number of hydrogen-bond donors (Lipinski definition) is 2. The second-order valence-corrected chi connectivity index (χ2v) is 3.35. The van der Waals surface area contributed by atoms with E-state index >= 15 is 0 Å². The van der Waals surface area contributed by atoms with E-state index in [0.717, 1.165) is 0 Å². The van der Waals surface area contributed by atoms with Gasteiger partial charge in [0.1, 0.15) is 5.82 Å². The molecule has 5 nitrogen and oxygen atoms in total. The second kappa shape index (κ2) is 3.92. The highest BCUT2D eigenvalue weighted by atomic mass is 35.5. The summed E-state index contributed by atoms with van der Waals surface area (Å²) in [7, 11) is 0. The average molecular weight is 228 g/mol. The second-order valence-electron chi connectivity index (χ2n) is 2.91. The molecule has 0 aliphatic rings. The lowest BCUT2D eigenvalue weighted by molar-refractivity contribution is 0.594. The first-order valence-corrected chi connectivity index (χ1v) is 4.50. The Morgan fingerprint density at radius 2 is 2.27 bits per heavy atom. The molecule has 0 spiro atoms. The minimum absolute atomic E-state index is 0.219. The van der Waals surface area contributed by atoms with E-state index in [-0.39, 0.29) is 11.4 Å². The van der Waals surface area contributed by atoms with Crippen LogP contribution in [0.4, 0.5) is 4.39 Å². The van der Waals surface area contributed by atoms with Crippen molar-refractivity contribution >= 4 is 11.6 Å². The minimum Gasteiger partial charge on any atom is -0.317 e. The van der Waals surface area contributed by atoms with Crippen LogP contribution >= 0.6 is 11.6 Å². The average Bonchev–Trinajstić information content (AvgIpc) is 2.74. The zero-order chi connectivity index (χ0) is 10.8. The molecular weight excluding hydrogens is 221 g/mol. The van der Waals surface area contributed by atoms with Crippen LogP contribution in [0.2, 0.25) is 5.02 Å². The van der Waals surface area contributed by atoms with Gasteiger partial charge in [-0.3, -0.25) is 0 Å². The Kier molecular flexibility index (Phi) is 2.61. The van der Waals surface area contributed by atoms with Gasteiger partial charge in [-0.1, -0.05) is 16.8 Å². The standard InChI is InChI=1S/C8H7ClFN5/c9-4-1-2-6(10)5(3-4)7(11)8-12-14-15-13-8/h1-3,7H,11H2,(H,12,13,14,15). The van der Waals surface area contributed by atoms with Crippen molar-refractivity contribution in [3.63, 3.8) is 0 Å². The van der Waals surface area contributed by atoms with E-state index in [4.69, 9.17) is 17.3 Å². The van der Waals surface area contributed by atoms with Crippen LogP contribution in [0.1, 0.15) is 17.4 Å². The van der Waals surface area contributed by atoms with Crippen molar-refractivity contribution < 1.29 is 4.39 Å². The number of halogens is 2. The van der Waals surface area contributed by atoms with E-state index in [1.54, 1.807) is 0 Å². The van der Waals surface area contributed by atoms with Crippen LogP contribution in [0.3, 0.4) is 0 Å². The lowest BCUT2D eigenvalue weighted by Gasteiger charge is -2.08.